The van der Waals surface area contributed by atoms with Crippen LogP contribution in [0.15, 0.2) is 42.2 Å². The van der Waals surface area contributed by atoms with Crippen LogP contribution in [0.25, 0.3) is 16.7 Å². The summed E-state index contributed by atoms with van der Waals surface area (Å²) in [7, 11) is 1.60. The number of rotatable bonds is 4. The second-order valence-electron chi connectivity index (χ2n) is 8.61. The van der Waals surface area contributed by atoms with Gasteiger partial charge in [0.2, 0.25) is 0 Å². The summed E-state index contributed by atoms with van der Waals surface area (Å²) in [6.45, 7) is 2.09. The number of ketones is 1. The molecule has 158 valence electrons. The van der Waals surface area contributed by atoms with Gasteiger partial charge in [-0.3, -0.25) is 4.79 Å². The number of carbonyl (C=O) groups excluding carboxylic acids is 1. The first kappa shape index (κ1) is 21.0. The van der Waals surface area contributed by atoms with Gasteiger partial charge in [0.15, 0.2) is 5.78 Å². The highest BCUT2D eigenvalue weighted by Gasteiger charge is 2.31. The first-order valence-corrected chi connectivity index (χ1v) is 11.3. The van der Waals surface area contributed by atoms with E-state index in [1.54, 1.807) is 7.11 Å². The molecule has 0 spiro atoms. The van der Waals surface area contributed by atoms with Gasteiger partial charge in [-0.2, -0.15) is 0 Å². The molecule has 2 aromatic rings. The van der Waals surface area contributed by atoms with Crippen LogP contribution in [0.3, 0.4) is 0 Å². The van der Waals surface area contributed by atoms with Crippen LogP contribution in [0.4, 0.5) is 0 Å². The second-order valence-corrected chi connectivity index (χ2v) is 9.02. The molecule has 4 heteroatoms. The fraction of sp³-hybridized carbons (Fsp3) is 0.423. The van der Waals surface area contributed by atoms with Gasteiger partial charge in [-0.15, -0.1) is 0 Å². The zero-order chi connectivity index (χ0) is 21.3. The largest absolute Gasteiger partial charge is 0.512 e. The molecule has 5 rings (SSSR count). The first-order valence-electron chi connectivity index (χ1n) is 10.9. The maximum Gasteiger partial charge on any atom is 0.167 e. The van der Waals surface area contributed by atoms with Crippen LogP contribution in [0.2, 0.25) is 5.02 Å². The Labute approximate surface area is 183 Å². The summed E-state index contributed by atoms with van der Waals surface area (Å²) in [5.41, 5.74) is 4.44. The van der Waals surface area contributed by atoms with Crippen molar-refractivity contribution in [2.75, 3.05) is 7.11 Å². The third kappa shape index (κ3) is 4.13. The molecule has 0 radical (unpaired) electrons. The molecule has 0 saturated heterocycles. The summed E-state index contributed by atoms with van der Waals surface area (Å²) in [4.78, 5) is 13.3. The Bertz CT molecular complexity index is 984. The maximum atomic E-state index is 13.3. The van der Waals surface area contributed by atoms with Crippen molar-refractivity contribution in [2.24, 2.45) is 11.8 Å². The molecule has 3 aliphatic rings. The van der Waals surface area contributed by atoms with Crippen molar-refractivity contribution in [1.82, 2.24) is 0 Å². The van der Waals surface area contributed by atoms with Gasteiger partial charge < -0.3 is 9.84 Å². The van der Waals surface area contributed by atoms with E-state index < -0.39 is 0 Å². The zero-order valence-electron chi connectivity index (χ0n) is 17.7. The fourth-order valence-electron chi connectivity index (χ4n) is 4.98. The minimum atomic E-state index is 0.0839. The van der Waals surface area contributed by atoms with E-state index in [0.29, 0.717) is 41.0 Å². The van der Waals surface area contributed by atoms with Gasteiger partial charge in [0, 0.05) is 12.8 Å². The normalized spacial score (nSPS) is 24.3. The van der Waals surface area contributed by atoms with Crippen LogP contribution >= 0.6 is 11.6 Å². The molecule has 3 aliphatic carbocycles. The van der Waals surface area contributed by atoms with Crippen LogP contribution in [-0.2, 0) is 11.2 Å². The van der Waals surface area contributed by atoms with E-state index in [1.807, 2.05) is 24.3 Å². The van der Waals surface area contributed by atoms with Crippen LogP contribution in [0, 0.1) is 11.8 Å². The number of fused-ring (bicyclic) bond motifs is 5. The lowest BCUT2D eigenvalue weighted by Gasteiger charge is -2.26. The molecule has 0 aliphatic heterocycles. The number of aliphatic hydroxyl groups is 1. The summed E-state index contributed by atoms with van der Waals surface area (Å²) in [6, 6.07) is 11.9. The highest BCUT2D eigenvalue weighted by atomic mass is 35.5. The van der Waals surface area contributed by atoms with Gasteiger partial charge in [-0.05, 0) is 84.4 Å². The van der Waals surface area contributed by atoms with Crippen molar-refractivity contribution < 1.29 is 14.6 Å². The summed E-state index contributed by atoms with van der Waals surface area (Å²) >= 11 is 6.19. The minimum absolute atomic E-state index is 0.0839. The molecule has 0 heterocycles. The van der Waals surface area contributed by atoms with E-state index in [4.69, 9.17) is 16.3 Å². The monoisotopic (exact) mass is 424 g/mol. The van der Waals surface area contributed by atoms with Gasteiger partial charge in [-0.1, -0.05) is 36.7 Å². The number of aliphatic hydroxyl groups excluding tert-OH is 1. The molecule has 30 heavy (non-hydrogen) atoms. The summed E-state index contributed by atoms with van der Waals surface area (Å²) in [5.74, 6) is 1.90. The van der Waals surface area contributed by atoms with Gasteiger partial charge in [-0.25, -0.2) is 0 Å². The molecule has 0 aromatic heterocycles. The Hall–Kier alpha value is -2.26. The molecule has 2 aromatic carbocycles. The first-order chi connectivity index (χ1) is 14.5. The Morgan fingerprint density at radius 3 is 2.30 bits per heavy atom. The summed E-state index contributed by atoms with van der Waals surface area (Å²) in [6.07, 6.45) is 6.37. The predicted molar refractivity (Wildman–Crippen MR) is 122 cm³/mol. The Morgan fingerprint density at radius 1 is 1.00 bits per heavy atom. The quantitative estimate of drug-likeness (QED) is 0.573. The third-order valence-corrected chi connectivity index (χ3v) is 7.05. The van der Waals surface area contributed by atoms with Gasteiger partial charge in [0.25, 0.3) is 0 Å². The number of Topliss-reactive ketones (excluding diaryl/α,β-unsaturated/α-hetero) is 1. The molecular formula is C26H29ClO3. The van der Waals surface area contributed by atoms with Crippen LogP contribution in [-0.4, -0.2) is 18.0 Å². The topological polar surface area (TPSA) is 46.5 Å². The number of hydrogen-bond donors (Lipinski definition) is 1. The molecule has 0 atom stereocenters. The smallest absolute Gasteiger partial charge is 0.167 e. The average molecular weight is 425 g/mol. The van der Waals surface area contributed by atoms with Crippen molar-refractivity contribution in [3.63, 3.8) is 0 Å². The van der Waals surface area contributed by atoms with E-state index in [0.717, 1.165) is 54.4 Å². The van der Waals surface area contributed by atoms with Gasteiger partial charge in [0.1, 0.15) is 11.5 Å². The van der Waals surface area contributed by atoms with Crippen molar-refractivity contribution in [3.8, 4) is 16.9 Å². The van der Waals surface area contributed by atoms with E-state index in [-0.39, 0.29) is 11.5 Å². The Morgan fingerprint density at radius 2 is 1.63 bits per heavy atom. The lowest BCUT2D eigenvalue weighted by atomic mass is 9.79. The van der Waals surface area contributed by atoms with Crippen LogP contribution < -0.4 is 4.74 Å². The molecule has 0 unspecified atom stereocenters. The highest BCUT2D eigenvalue weighted by Crippen LogP contribution is 2.40. The average Bonchev–Trinajstić information content (AvgIpc) is 2.84. The standard InChI is InChI=1S/C26H29ClO3/c1-3-18-8-9-19(20-10-11-22(27)25(15-20)30-2)14-21(18)26-23(28)12-16-4-5-17(7-6-16)13-24(26)29/h8-11,14-17,28H,3-7,12-13H2,1-2H3/b26-23+. The molecule has 1 N–H and O–H groups in total. The number of carbonyl (C=O) groups is 1. The molecule has 2 bridgehead atoms. The molecule has 3 nitrogen and oxygen atoms in total. The number of methoxy groups -OCH3 is 1. The number of benzene rings is 2. The zero-order valence-corrected chi connectivity index (χ0v) is 18.5. The number of allylic oxidation sites excluding steroid dienone is 2. The van der Waals surface area contributed by atoms with E-state index in [9.17, 15) is 9.90 Å². The van der Waals surface area contributed by atoms with Gasteiger partial charge in [0.05, 0.1) is 17.7 Å². The maximum absolute atomic E-state index is 13.3. The lowest BCUT2D eigenvalue weighted by Crippen LogP contribution is -2.15. The summed E-state index contributed by atoms with van der Waals surface area (Å²) < 4.78 is 5.37. The Kier molecular flexibility index (Phi) is 6.19. The van der Waals surface area contributed by atoms with E-state index in [2.05, 4.69) is 19.1 Å². The number of aryl methyl sites for hydroxylation is 1. The molecule has 1 saturated carbocycles. The third-order valence-electron chi connectivity index (χ3n) is 6.73. The lowest BCUT2D eigenvalue weighted by molar-refractivity contribution is -0.114. The van der Waals surface area contributed by atoms with E-state index >= 15 is 0 Å². The molecule has 0 amide bonds. The Balaban J connectivity index is 1.82. The SMILES string of the molecule is CCc1ccc(-c2ccc(Cl)c(OC)c2)cc1/C1=C(\O)CC2CCC(CC2)CC1=O. The van der Waals surface area contributed by atoms with Crippen molar-refractivity contribution in [3.05, 3.63) is 58.3 Å². The minimum Gasteiger partial charge on any atom is -0.512 e. The van der Waals surface area contributed by atoms with Crippen LogP contribution in [0.1, 0.15) is 56.6 Å². The van der Waals surface area contributed by atoms with Crippen LogP contribution in [0.5, 0.6) is 5.75 Å². The molecule has 1 fully saturated rings. The van der Waals surface area contributed by atoms with Crippen molar-refractivity contribution >= 4 is 23.0 Å². The fourth-order valence-corrected chi connectivity index (χ4v) is 5.18. The summed E-state index contributed by atoms with van der Waals surface area (Å²) in [5, 5.41) is 11.6. The van der Waals surface area contributed by atoms with E-state index in [1.165, 1.54) is 0 Å². The van der Waals surface area contributed by atoms with Crippen molar-refractivity contribution in [1.29, 1.82) is 0 Å². The molecular weight excluding hydrogens is 396 g/mol. The highest BCUT2D eigenvalue weighted by molar-refractivity contribution is 6.32. The second kappa shape index (κ2) is 8.85. The number of ether oxygens (including phenoxy) is 1. The van der Waals surface area contributed by atoms with Crippen molar-refractivity contribution in [2.45, 2.75) is 51.9 Å². The predicted octanol–water partition coefficient (Wildman–Crippen LogP) is 7.02. The number of halogens is 1. The number of hydrogen-bond acceptors (Lipinski definition) is 3. The van der Waals surface area contributed by atoms with Gasteiger partial charge >= 0.3 is 0 Å².